The van der Waals surface area contributed by atoms with Gasteiger partial charge in [-0.3, -0.25) is 19.3 Å². The molecule has 2 aliphatic rings. The molecule has 2 aliphatic heterocycles. The summed E-state index contributed by atoms with van der Waals surface area (Å²) in [5.41, 5.74) is 0.930. The second kappa shape index (κ2) is 10.2. The number of Topliss-reactive ketones (excluding diaryl/α,β-unsaturated/α-hetero) is 1. The Balaban J connectivity index is 1.34. The lowest BCUT2D eigenvalue weighted by atomic mass is 10.1. The van der Waals surface area contributed by atoms with Crippen molar-refractivity contribution in [2.24, 2.45) is 0 Å². The van der Waals surface area contributed by atoms with Gasteiger partial charge in [0.15, 0.2) is 12.4 Å². The summed E-state index contributed by atoms with van der Waals surface area (Å²) in [5.74, 6) is -1.89. The molecule has 1 fully saturated rings. The molecule has 4 rings (SSSR count). The van der Waals surface area contributed by atoms with Gasteiger partial charge in [0.1, 0.15) is 13.1 Å². The minimum absolute atomic E-state index is 0.110. The quantitative estimate of drug-likeness (QED) is 0.354. The third-order valence-corrected chi connectivity index (χ3v) is 6.07. The number of halogens is 1. The van der Waals surface area contributed by atoms with Crippen LogP contribution >= 0.6 is 11.6 Å². The summed E-state index contributed by atoms with van der Waals surface area (Å²) in [6.45, 7) is 4.05. The largest absolute Gasteiger partial charge is 0.454 e. The predicted octanol–water partition coefficient (Wildman–Crippen LogP) is 1.28. The van der Waals surface area contributed by atoms with Crippen LogP contribution < -0.4 is 4.90 Å². The molecule has 8 nitrogen and oxygen atoms in total. The Labute approximate surface area is 196 Å². The number of fused-ring (bicyclic) bond motifs is 1. The number of carbonyl (C=O) groups excluding carboxylic acids is 4. The highest BCUT2D eigenvalue weighted by Gasteiger charge is 2.36. The second-order valence-electron chi connectivity index (χ2n) is 7.99. The van der Waals surface area contributed by atoms with Crippen molar-refractivity contribution in [1.29, 1.82) is 0 Å². The second-order valence-corrected chi connectivity index (χ2v) is 8.43. The van der Waals surface area contributed by atoms with Crippen molar-refractivity contribution in [1.82, 2.24) is 4.90 Å². The van der Waals surface area contributed by atoms with Gasteiger partial charge in [-0.25, -0.2) is 4.79 Å². The van der Waals surface area contributed by atoms with Crippen LogP contribution in [0, 0.1) is 0 Å². The van der Waals surface area contributed by atoms with Crippen LogP contribution in [0.3, 0.4) is 0 Å². The van der Waals surface area contributed by atoms with E-state index in [1.165, 1.54) is 28.0 Å². The molecule has 0 radical (unpaired) electrons. The summed E-state index contributed by atoms with van der Waals surface area (Å²) in [4.78, 5) is 52.7. The number of carbonyl (C=O) groups is 4. The van der Waals surface area contributed by atoms with E-state index < -0.39 is 18.5 Å². The van der Waals surface area contributed by atoms with E-state index in [0.29, 0.717) is 23.6 Å². The average molecular weight is 472 g/mol. The van der Waals surface area contributed by atoms with Crippen LogP contribution in [0.5, 0.6) is 0 Å². The zero-order chi connectivity index (χ0) is 23.4. The van der Waals surface area contributed by atoms with Gasteiger partial charge in [-0.05, 0) is 42.5 Å². The number of rotatable bonds is 8. The van der Waals surface area contributed by atoms with Crippen molar-refractivity contribution in [3.8, 4) is 0 Å². The SMILES string of the molecule is O=C(COC(=O)c1ccc2c(c1)C(=O)N(CCC[NH+]1CCOCC1)C2=O)c1ccc(Cl)cc1. The number of quaternary nitrogens is 1. The first-order valence-corrected chi connectivity index (χ1v) is 11.2. The molecule has 1 saturated heterocycles. The number of hydrogen-bond donors (Lipinski definition) is 1. The number of amides is 2. The van der Waals surface area contributed by atoms with Crippen LogP contribution in [0.25, 0.3) is 0 Å². The fraction of sp³-hybridized carbons (Fsp3) is 0.333. The minimum Gasteiger partial charge on any atom is -0.454 e. The van der Waals surface area contributed by atoms with Gasteiger partial charge >= 0.3 is 5.97 Å². The number of ketones is 1. The molecule has 2 amide bonds. The molecular weight excluding hydrogens is 448 g/mol. The van der Waals surface area contributed by atoms with Crippen LogP contribution in [0.2, 0.25) is 5.02 Å². The predicted molar refractivity (Wildman–Crippen MR) is 119 cm³/mol. The fourth-order valence-electron chi connectivity index (χ4n) is 3.95. The summed E-state index contributed by atoms with van der Waals surface area (Å²) >= 11 is 5.81. The Kier molecular flexibility index (Phi) is 7.17. The highest BCUT2D eigenvalue weighted by molar-refractivity contribution is 6.30. The van der Waals surface area contributed by atoms with Crippen LogP contribution in [0.4, 0.5) is 0 Å². The lowest BCUT2D eigenvalue weighted by Gasteiger charge is -2.24. The molecule has 0 saturated carbocycles. The average Bonchev–Trinajstić information content (AvgIpc) is 3.07. The van der Waals surface area contributed by atoms with Gasteiger partial charge < -0.3 is 14.4 Å². The fourth-order valence-corrected chi connectivity index (χ4v) is 4.08. The number of imide groups is 1. The molecule has 0 aliphatic carbocycles. The maximum absolute atomic E-state index is 12.8. The van der Waals surface area contributed by atoms with Crippen molar-refractivity contribution in [2.75, 3.05) is 46.0 Å². The highest BCUT2D eigenvalue weighted by atomic mass is 35.5. The summed E-state index contributed by atoms with van der Waals surface area (Å²) in [6.07, 6.45) is 0.697. The molecular formula is C24H24ClN2O6+. The molecule has 0 aromatic heterocycles. The van der Waals surface area contributed by atoms with Gasteiger partial charge in [0.05, 0.1) is 36.4 Å². The van der Waals surface area contributed by atoms with Crippen LogP contribution in [-0.4, -0.2) is 74.5 Å². The first-order chi connectivity index (χ1) is 15.9. The monoisotopic (exact) mass is 471 g/mol. The van der Waals surface area contributed by atoms with Crippen molar-refractivity contribution in [2.45, 2.75) is 6.42 Å². The highest BCUT2D eigenvalue weighted by Crippen LogP contribution is 2.24. The third kappa shape index (κ3) is 5.30. The maximum Gasteiger partial charge on any atom is 0.338 e. The number of benzene rings is 2. The van der Waals surface area contributed by atoms with Crippen molar-refractivity contribution in [3.05, 3.63) is 69.7 Å². The normalized spacial score (nSPS) is 16.1. The number of hydrogen-bond acceptors (Lipinski definition) is 6. The molecule has 0 unspecified atom stereocenters. The Bertz CT molecular complexity index is 1080. The first kappa shape index (κ1) is 23.1. The van der Waals surface area contributed by atoms with E-state index in [-0.39, 0.29) is 28.4 Å². The lowest BCUT2D eigenvalue weighted by molar-refractivity contribution is -0.908. The Morgan fingerprint density at radius 1 is 0.970 bits per heavy atom. The van der Waals surface area contributed by atoms with E-state index in [4.69, 9.17) is 21.1 Å². The molecule has 172 valence electrons. The topological polar surface area (TPSA) is 94.4 Å². The molecule has 0 spiro atoms. The van der Waals surface area contributed by atoms with Crippen molar-refractivity contribution >= 4 is 35.2 Å². The molecule has 33 heavy (non-hydrogen) atoms. The molecule has 9 heteroatoms. The zero-order valence-electron chi connectivity index (χ0n) is 18.0. The van der Waals surface area contributed by atoms with Crippen LogP contribution in [-0.2, 0) is 9.47 Å². The number of nitrogens with one attached hydrogen (secondary N) is 1. The molecule has 1 N–H and O–H groups in total. The van der Waals surface area contributed by atoms with Gasteiger partial charge in [-0.2, -0.15) is 0 Å². The molecule has 0 bridgehead atoms. The number of nitrogens with zero attached hydrogens (tertiary/aromatic N) is 1. The summed E-state index contributed by atoms with van der Waals surface area (Å²) < 4.78 is 10.5. The van der Waals surface area contributed by atoms with E-state index in [1.54, 1.807) is 24.3 Å². The maximum atomic E-state index is 12.8. The van der Waals surface area contributed by atoms with Crippen molar-refractivity contribution < 1.29 is 33.6 Å². The molecule has 0 atom stereocenters. The van der Waals surface area contributed by atoms with E-state index >= 15 is 0 Å². The summed E-state index contributed by atoms with van der Waals surface area (Å²) in [7, 11) is 0. The minimum atomic E-state index is -0.741. The Hall–Kier alpha value is -3.07. The number of ether oxygens (including phenoxy) is 2. The smallest absolute Gasteiger partial charge is 0.338 e. The third-order valence-electron chi connectivity index (χ3n) is 5.82. The number of morpholine rings is 1. The van der Waals surface area contributed by atoms with Gasteiger partial charge in [0.25, 0.3) is 11.8 Å². The van der Waals surface area contributed by atoms with Crippen LogP contribution in [0.1, 0.15) is 47.9 Å². The molecule has 2 aromatic carbocycles. The van der Waals surface area contributed by atoms with Gasteiger partial charge in [0.2, 0.25) is 0 Å². The van der Waals surface area contributed by atoms with E-state index in [1.807, 2.05) is 0 Å². The lowest BCUT2D eigenvalue weighted by Crippen LogP contribution is -3.14. The Morgan fingerprint density at radius 2 is 1.64 bits per heavy atom. The van der Waals surface area contributed by atoms with Gasteiger partial charge in [-0.1, -0.05) is 11.6 Å². The molecule has 2 heterocycles. The standard InChI is InChI=1S/C24H23ClN2O6/c25-18-5-2-16(3-6-18)21(28)15-33-24(31)17-4-7-19-20(14-17)23(30)27(22(19)29)9-1-8-26-10-12-32-13-11-26/h2-7,14H,1,8-13,15H2/p+1. The first-order valence-electron chi connectivity index (χ1n) is 10.8. The van der Waals surface area contributed by atoms with E-state index in [9.17, 15) is 19.2 Å². The van der Waals surface area contributed by atoms with Crippen molar-refractivity contribution in [3.63, 3.8) is 0 Å². The molecule has 2 aromatic rings. The van der Waals surface area contributed by atoms with E-state index in [0.717, 1.165) is 32.8 Å². The van der Waals surface area contributed by atoms with Gasteiger partial charge in [-0.15, -0.1) is 0 Å². The number of esters is 1. The van der Waals surface area contributed by atoms with Gasteiger partial charge in [0, 0.05) is 23.6 Å². The van der Waals surface area contributed by atoms with Crippen LogP contribution in [0.15, 0.2) is 42.5 Å². The Morgan fingerprint density at radius 3 is 2.36 bits per heavy atom. The summed E-state index contributed by atoms with van der Waals surface area (Å²) in [6, 6.07) is 10.5. The summed E-state index contributed by atoms with van der Waals surface area (Å²) in [5, 5.41) is 0.497. The van der Waals surface area contributed by atoms with E-state index in [2.05, 4.69) is 0 Å². The zero-order valence-corrected chi connectivity index (χ0v) is 18.7.